The number of carbonyl (C=O) groups excluding carboxylic acids is 3. The fourth-order valence-electron chi connectivity index (χ4n) is 3.32. The summed E-state index contributed by atoms with van der Waals surface area (Å²) >= 11 is 0. The number of aromatic nitrogens is 1. The number of rotatable bonds is 7. The highest BCUT2D eigenvalue weighted by Gasteiger charge is 2.35. The van der Waals surface area contributed by atoms with Gasteiger partial charge >= 0.3 is 6.09 Å². The maximum atomic E-state index is 12.6. The Morgan fingerprint density at radius 1 is 1.24 bits per heavy atom. The Labute approximate surface area is 196 Å². The van der Waals surface area contributed by atoms with Crippen molar-refractivity contribution in [1.29, 1.82) is 0 Å². The molecule has 10 nitrogen and oxygen atoms in total. The summed E-state index contributed by atoms with van der Waals surface area (Å²) < 4.78 is 16.5. The third-order valence-electron chi connectivity index (χ3n) is 4.92. The Morgan fingerprint density at radius 3 is 2.64 bits per heavy atom. The van der Waals surface area contributed by atoms with Gasteiger partial charge in [0.15, 0.2) is 18.2 Å². The summed E-state index contributed by atoms with van der Waals surface area (Å²) in [5, 5.41) is 2.73. The first-order chi connectivity index (χ1) is 15.3. The van der Waals surface area contributed by atoms with Crippen molar-refractivity contribution < 1.29 is 28.6 Å². The second-order valence-electron chi connectivity index (χ2n) is 9.99. The van der Waals surface area contributed by atoms with Gasteiger partial charge < -0.3 is 19.5 Å². The van der Waals surface area contributed by atoms with Crippen LogP contribution >= 0.6 is 10.0 Å². The van der Waals surface area contributed by atoms with E-state index in [1.54, 1.807) is 32.9 Å². The SMILES string of the molecule is CC(C)(C)OC(=O)N[C@@H]1CC(=O)N(c2ccc3c(n2)N(COCCS(C)(C)C)C(=O)CO3)C1. The Hall–Kier alpha value is -2.53. The average Bonchev–Trinajstić information content (AvgIpc) is 3.03. The molecule has 3 heterocycles. The van der Waals surface area contributed by atoms with Gasteiger partial charge in [-0.3, -0.25) is 19.4 Å². The number of nitrogens with zero attached hydrogens (tertiary/aromatic N) is 3. The molecule has 184 valence electrons. The van der Waals surface area contributed by atoms with E-state index in [2.05, 4.69) is 29.1 Å². The number of anilines is 2. The van der Waals surface area contributed by atoms with Crippen molar-refractivity contribution in [3.63, 3.8) is 0 Å². The van der Waals surface area contributed by atoms with E-state index in [1.807, 2.05) is 0 Å². The van der Waals surface area contributed by atoms with E-state index < -0.39 is 27.8 Å². The molecule has 1 N–H and O–H groups in total. The number of hydrogen-bond donors (Lipinski definition) is 1. The van der Waals surface area contributed by atoms with E-state index in [9.17, 15) is 14.4 Å². The zero-order valence-corrected chi connectivity index (χ0v) is 21.0. The first-order valence-corrected chi connectivity index (χ1v) is 13.8. The molecule has 2 aliphatic rings. The van der Waals surface area contributed by atoms with Gasteiger partial charge in [-0.25, -0.2) is 19.8 Å². The lowest BCUT2D eigenvalue weighted by atomic mass is 10.2. The summed E-state index contributed by atoms with van der Waals surface area (Å²) in [7, 11) is -0.701. The minimum absolute atomic E-state index is 0.0674. The number of amides is 3. The molecule has 2 aliphatic heterocycles. The number of hydrogen-bond acceptors (Lipinski definition) is 7. The second kappa shape index (κ2) is 9.76. The van der Waals surface area contributed by atoms with E-state index in [4.69, 9.17) is 14.2 Å². The van der Waals surface area contributed by atoms with Crippen LogP contribution in [0.1, 0.15) is 27.2 Å². The van der Waals surface area contributed by atoms with Crippen molar-refractivity contribution in [3.8, 4) is 5.75 Å². The predicted molar refractivity (Wildman–Crippen MR) is 128 cm³/mol. The van der Waals surface area contributed by atoms with Crippen LogP contribution in [0, 0.1) is 0 Å². The van der Waals surface area contributed by atoms with Crippen molar-refractivity contribution in [2.75, 3.05) is 60.8 Å². The fraction of sp³-hybridized carbons (Fsp3) is 0.636. The second-order valence-corrected chi connectivity index (χ2v) is 14.6. The molecule has 33 heavy (non-hydrogen) atoms. The molecule has 1 saturated heterocycles. The third-order valence-corrected chi connectivity index (χ3v) is 6.31. The highest BCUT2D eigenvalue weighted by atomic mass is 32.3. The van der Waals surface area contributed by atoms with Crippen LogP contribution in [0.25, 0.3) is 0 Å². The first kappa shape index (κ1) is 25.1. The molecule has 1 atom stereocenters. The maximum absolute atomic E-state index is 12.6. The molecular formula is C22H34N4O6S. The van der Waals surface area contributed by atoms with Gasteiger partial charge in [-0.15, -0.1) is 0 Å². The quantitative estimate of drug-likeness (QED) is 0.593. The van der Waals surface area contributed by atoms with Crippen LogP contribution in [-0.4, -0.2) is 85.5 Å². The van der Waals surface area contributed by atoms with Crippen LogP contribution in [0.15, 0.2) is 12.1 Å². The lowest BCUT2D eigenvalue weighted by Gasteiger charge is -2.30. The molecular weight excluding hydrogens is 448 g/mol. The number of carbonyl (C=O) groups is 3. The van der Waals surface area contributed by atoms with Crippen molar-refractivity contribution in [2.45, 2.75) is 38.8 Å². The van der Waals surface area contributed by atoms with Crippen molar-refractivity contribution in [2.24, 2.45) is 0 Å². The molecule has 3 rings (SSSR count). The molecule has 3 amide bonds. The Morgan fingerprint density at radius 2 is 1.97 bits per heavy atom. The van der Waals surface area contributed by atoms with Crippen LogP contribution in [-0.2, 0) is 19.1 Å². The molecule has 0 aromatic carbocycles. The standard InChI is InChI=1S/C22H34N4O6S/c1-22(2,3)32-21(29)23-15-11-18(27)25(12-15)17-8-7-16-20(24-17)26(19(28)13-31-16)14-30-9-10-33(4,5)6/h7-8,15H,9-14H2,1-6H3,(H,23,29)/t15-/m1/s1. The van der Waals surface area contributed by atoms with Gasteiger partial charge in [0.25, 0.3) is 5.91 Å². The van der Waals surface area contributed by atoms with Gasteiger partial charge in [0.1, 0.15) is 18.1 Å². The smallest absolute Gasteiger partial charge is 0.407 e. The molecule has 1 aromatic heterocycles. The fourth-order valence-corrected chi connectivity index (χ4v) is 3.93. The largest absolute Gasteiger partial charge is 0.480 e. The molecule has 0 aliphatic carbocycles. The molecule has 0 radical (unpaired) electrons. The average molecular weight is 483 g/mol. The van der Waals surface area contributed by atoms with Gasteiger partial charge in [-0.1, -0.05) is 0 Å². The van der Waals surface area contributed by atoms with Crippen LogP contribution in [0.4, 0.5) is 16.4 Å². The normalized spacial score (nSPS) is 19.3. The van der Waals surface area contributed by atoms with Gasteiger partial charge in [0, 0.05) is 18.7 Å². The maximum Gasteiger partial charge on any atom is 0.407 e. The highest BCUT2D eigenvalue weighted by molar-refractivity contribution is 8.32. The zero-order valence-electron chi connectivity index (χ0n) is 20.2. The molecule has 0 saturated carbocycles. The van der Waals surface area contributed by atoms with Crippen molar-refractivity contribution in [3.05, 3.63) is 12.1 Å². The monoisotopic (exact) mass is 482 g/mol. The molecule has 1 aromatic rings. The number of nitrogens with one attached hydrogen (secondary N) is 1. The van der Waals surface area contributed by atoms with Gasteiger partial charge in [-0.05, 0) is 51.7 Å². The van der Waals surface area contributed by atoms with Crippen molar-refractivity contribution in [1.82, 2.24) is 10.3 Å². The van der Waals surface area contributed by atoms with Crippen LogP contribution in [0.5, 0.6) is 5.75 Å². The highest BCUT2D eigenvalue weighted by Crippen LogP contribution is 2.35. The van der Waals surface area contributed by atoms with Gasteiger partial charge in [0.05, 0.1) is 12.6 Å². The van der Waals surface area contributed by atoms with E-state index in [0.717, 1.165) is 5.75 Å². The summed E-state index contributed by atoms with van der Waals surface area (Å²) in [5.74, 6) is 1.66. The third kappa shape index (κ3) is 6.97. The minimum Gasteiger partial charge on any atom is -0.480 e. The van der Waals surface area contributed by atoms with E-state index in [-0.39, 0.29) is 38.1 Å². The molecule has 0 bridgehead atoms. The van der Waals surface area contributed by atoms with Gasteiger partial charge in [-0.2, -0.15) is 0 Å². The Balaban J connectivity index is 1.69. The van der Waals surface area contributed by atoms with Crippen LogP contribution in [0.3, 0.4) is 0 Å². The zero-order chi connectivity index (χ0) is 24.4. The first-order valence-electron chi connectivity index (χ1n) is 10.8. The minimum atomic E-state index is -0.701. The molecule has 11 heteroatoms. The summed E-state index contributed by atoms with van der Waals surface area (Å²) in [6.45, 7) is 6.10. The van der Waals surface area contributed by atoms with Gasteiger partial charge in [0.2, 0.25) is 5.91 Å². The predicted octanol–water partition coefficient (Wildman–Crippen LogP) is 2.11. The molecule has 0 spiro atoms. The summed E-state index contributed by atoms with van der Waals surface area (Å²) in [6.07, 6.45) is 6.18. The van der Waals surface area contributed by atoms with Crippen LogP contribution in [0.2, 0.25) is 0 Å². The van der Waals surface area contributed by atoms with E-state index in [0.29, 0.717) is 24.0 Å². The van der Waals surface area contributed by atoms with Crippen LogP contribution < -0.4 is 19.9 Å². The van der Waals surface area contributed by atoms with E-state index in [1.165, 1.54) is 9.80 Å². The number of alkyl carbamates (subject to hydrolysis) is 1. The summed E-state index contributed by atoms with van der Waals surface area (Å²) in [5.41, 5.74) is -0.626. The molecule has 0 unspecified atom stereocenters. The summed E-state index contributed by atoms with van der Waals surface area (Å²) in [4.78, 5) is 44.7. The summed E-state index contributed by atoms with van der Waals surface area (Å²) in [6, 6.07) is 2.96. The lowest BCUT2D eigenvalue weighted by molar-refractivity contribution is -0.122. The van der Waals surface area contributed by atoms with Crippen molar-refractivity contribution >= 4 is 39.6 Å². The Bertz CT molecular complexity index is 911. The molecule has 1 fully saturated rings. The Kier molecular flexibility index (Phi) is 7.42. The number of fused-ring (bicyclic) bond motifs is 1. The number of pyridine rings is 1. The number of ether oxygens (including phenoxy) is 3. The lowest BCUT2D eigenvalue weighted by Crippen LogP contribution is -2.42. The topological polar surface area (TPSA) is 110 Å². The van der Waals surface area contributed by atoms with E-state index >= 15 is 0 Å².